The quantitative estimate of drug-likeness (QED) is 0.750. The lowest BCUT2D eigenvalue weighted by molar-refractivity contribution is 0.713. The van der Waals surface area contributed by atoms with E-state index in [1.807, 2.05) is 6.07 Å². The summed E-state index contributed by atoms with van der Waals surface area (Å²) in [5.41, 5.74) is 10.3. The second-order valence-corrected chi connectivity index (χ2v) is 4.39. The van der Waals surface area contributed by atoms with Gasteiger partial charge in [0.25, 0.3) is 0 Å². The number of nitrogens with one attached hydrogen (secondary N) is 1. The van der Waals surface area contributed by atoms with Gasteiger partial charge in [0, 0.05) is 0 Å². The second kappa shape index (κ2) is 5.77. The standard InChI is InChI=1S/C13H20N4/c1-2-3-4-5-10-6-7-12-13(16-17-15-12)11(10)8-9-14/h6-7H,2-5,8-9,14H2,1H3,(H,15,16,17). The minimum atomic E-state index is 0.659. The zero-order valence-electron chi connectivity index (χ0n) is 10.4. The molecule has 4 heteroatoms. The fourth-order valence-electron chi connectivity index (χ4n) is 2.23. The van der Waals surface area contributed by atoms with Crippen LogP contribution in [0.25, 0.3) is 11.0 Å². The first-order valence-electron chi connectivity index (χ1n) is 6.38. The van der Waals surface area contributed by atoms with E-state index in [0.29, 0.717) is 6.54 Å². The van der Waals surface area contributed by atoms with Crippen LogP contribution < -0.4 is 5.73 Å². The Hall–Kier alpha value is -1.42. The Kier molecular flexibility index (Phi) is 4.09. The number of H-pyrrole nitrogens is 1. The van der Waals surface area contributed by atoms with Crippen molar-refractivity contribution in [2.45, 2.75) is 39.0 Å². The molecule has 2 rings (SSSR count). The predicted molar refractivity (Wildman–Crippen MR) is 69.9 cm³/mol. The Bertz CT molecular complexity index is 475. The zero-order chi connectivity index (χ0) is 12.1. The monoisotopic (exact) mass is 232 g/mol. The molecule has 0 atom stereocenters. The van der Waals surface area contributed by atoms with Gasteiger partial charge in [0.05, 0.1) is 0 Å². The lowest BCUT2D eigenvalue weighted by Crippen LogP contribution is -2.06. The molecule has 0 aliphatic carbocycles. The summed E-state index contributed by atoms with van der Waals surface area (Å²) in [6, 6.07) is 4.21. The molecule has 0 aliphatic rings. The van der Waals surface area contributed by atoms with Crippen molar-refractivity contribution in [1.29, 1.82) is 0 Å². The van der Waals surface area contributed by atoms with Gasteiger partial charge in [-0.05, 0) is 43.0 Å². The summed E-state index contributed by atoms with van der Waals surface area (Å²) in [6.07, 6.45) is 5.76. The Morgan fingerprint density at radius 2 is 2.06 bits per heavy atom. The highest BCUT2D eigenvalue weighted by atomic mass is 15.3. The number of benzene rings is 1. The van der Waals surface area contributed by atoms with Gasteiger partial charge in [0.1, 0.15) is 11.0 Å². The van der Waals surface area contributed by atoms with Crippen LogP contribution in [0.4, 0.5) is 0 Å². The topological polar surface area (TPSA) is 67.6 Å². The summed E-state index contributed by atoms with van der Waals surface area (Å²) in [5.74, 6) is 0. The first-order chi connectivity index (χ1) is 8.36. The van der Waals surface area contributed by atoms with E-state index >= 15 is 0 Å². The predicted octanol–water partition coefficient (Wildman–Crippen LogP) is 2.19. The lowest BCUT2D eigenvalue weighted by Gasteiger charge is -2.08. The molecule has 92 valence electrons. The van der Waals surface area contributed by atoms with Crippen molar-refractivity contribution in [3.8, 4) is 0 Å². The molecule has 17 heavy (non-hydrogen) atoms. The van der Waals surface area contributed by atoms with Gasteiger partial charge in [-0.15, -0.1) is 0 Å². The molecule has 1 heterocycles. The molecule has 3 N–H and O–H groups in total. The molecule has 1 aromatic carbocycles. The maximum atomic E-state index is 5.69. The molecule has 0 saturated carbocycles. The minimum absolute atomic E-state index is 0.659. The van der Waals surface area contributed by atoms with Crippen molar-refractivity contribution in [1.82, 2.24) is 15.4 Å². The van der Waals surface area contributed by atoms with E-state index in [1.165, 1.54) is 30.4 Å². The molecule has 0 radical (unpaired) electrons. The Morgan fingerprint density at radius 3 is 2.82 bits per heavy atom. The number of aryl methyl sites for hydroxylation is 1. The third-order valence-corrected chi connectivity index (χ3v) is 3.13. The number of nitrogens with zero attached hydrogens (tertiary/aromatic N) is 2. The molecule has 0 bridgehead atoms. The third-order valence-electron chi connectivity index (χ3n) is 3.13. The minimum Gasteiger partial charge on any atom is -0.330 e. The molecular weight excluding hydrogens is 212 g/mol. The smallest absolute Gasteiger partial charge is 0.116 e. The van der Waals surface area contributed by atoms with Crippen LogP contribution in [0.5, 0.6) is 0 Å². The van der Waals surface area contributed by atoms with E-state index in [4.69, 9.17) is 5.73 Å². The number of nitrogens with two attached hydrogens (primary N) is 1. The highest BCUT2D eigenvalue weighted by Gasteiger charge is 2.09. The average molecular weight is 232 g/mol. The molecule has 0 saturated heterocycles. The third kappa shape index (κ3) is 2.64. The first-order valence-corrected chi connectivity index (χ1v) is 6.38. The van der Waals surface area contributed by atoms with Crippen molar-refractivity contribution in [3.05, 3.63) is 23.3 Å². The number of hydrogen-bond acceptors (Lipinski definition) is 3. The summed E-state index contributed by atoms with van der Waals surface area (Å²) < 4.78 is 0. The van der Waals surface area contributed by atoms with E-state index in [2.05, 4.69) is 28.4 Å². The molecular formula is C13H20N4. The number of aromatic nitrogens is 3. The van der Waals surface area contributed by atoms with Gasteiger partial charge in [0.2, 0.25) is 0 Å². The van der Waals surface area contributed by atoms with Crippen LogP contribution in [0.1, 0.15) is 37.3 Å². The highest BCUT2D eigenvalue weighted by Crippen LogP contribution is 2.21. The number of hydrogen-bond donors (Lipinski definition) is 2. The zero-order valence-corrected chi connectivity index (χ0v) is 10.4. The van der Waals surface area contributed by atoms with Crippen LogP contribution in [0, 0.1) is 0 Å². The molecule has 2 aromatic rings. The molecule has 0 fully saturated rings. The average Bonchev–Trinajstić information content (AvgIpc) is 2.80. The number of aromatic amines is 1. The van der Waals surface area contributed by atoms with E-state index in [-0.39, 0.29) is 0 Å². The summed E-state index contributed by atoms with van der Waals surface area (Å²) in [4.78, 5) is 0. The Labute approximate surface area is 102 Å². The maximum absolute atomic E-state index is 5.69. The van der Waals surface area contributed by atoms with Crippen molar-refractivity contribution in [2.24, 2.45) is 5.73 Å². The van der Waals surface area contributed by atoms with Gasteiger partial charge in [0.15, 0.2) is 0 Å². The van der Waals surface area contributed by atoms with Crippen molar-refractivity contribution in [3.63, 3.8) is 0 Å². The van der Waals surface area contributed by atoms with Gasteiger partial charge in [-0.3, -0.25) is 0 Å². The van der Waals surface area contributed by atoms with E-state index in [9.17, 15) is 0 Å². The molecule has 0 spiro atoms. The normalized spacial score (nSPS) is 11.2. The van der Waals surface area contributed by atoms with Gasteiger partial charge in [-0.1, -0.05) is 25.8 Å². The molecule has 0 aliphatic heterocycles. The largest absolute Gasteiger partial charge is 0.330 e. The molecule has 1 aromatic heterocycles. The second-order valence-electron chi connectivity index (χ2n) is 4.39. The molecule has 0 unspecified atom stereocenters. The SMILES string of the molecule is CCCCCc1ccc2n[nH]nc2c1CCN. The fourth-order valence-corrected chi connectivity index (χ4v) is 2.23. The van der Waals surface area contributed by atoms with Crippen molar-refractivity contribution in [2.75, 3.05) is 6.54 Å². The van der Waals surface area contributed by atoms with Crippen LogP contribution >= 0.6 is 0 Å². The van der Waals surface area contributed by atoms with Crippen molar-refractivity contribution >= 4 is 11.0 Å². The van der Waals surface area contributed by atoms with Gasteiger partial charge in [-0.25, -0.2) is 0 Å². The van der Waals surface area contributed by atoms with Crippen LogP contribution in [-0.2, 0) is 12.8 Å². The fraction of sp³-hybridized carbons (Fsp3) is 0.538. The summed E-state index contributed by atoms with van der Waals surface area (Å²) in [5, 5.41) is 11.0. The van der Waals surface area contributed by atoms with Gasteiger partial charge < -0.3 is 5.73 Å². The highest BCUT2D eigenvalue weighted by molar-refractivity contribution is 5.78. The lowest BCUT2D eigenvalue weighted by atomic mass is 9.98. The van der Waals surface area contributed by atoms with E-state index in [0.717, 1.165) is 23.9 Å². The summed E-state index contributed by atoms with van der Waals surface area (Å²) in [6.45, 7) is 2.88. The molecule has 4 nitrogen and oxygen atoms in total. The first kappa shape index (κ1) is 12.0. The van der Waals surface area contributed by atoms with Crippen LogP contribution in [0.2, 0.25) is 0 Å². The molecule has 0 amide bonds. The summed E-state index contributed by atoms with van der Waals surface area (Å²) in [7, 11) is 0. The van der Waals surface area contributed by atoms with Gasteiger partial charge in [-0.2, -0.15) is 15.4 Å². The number of rotatable bonds is 6. The van der Waals surface area contributed by atoms with E-state index < -0.39 is 0 Å². The van der Waals surface area contributed by atoms with Crippen LogP contribution in [-0.4, -0.2) is 22.0 Å². The van der Waals surface area contributed by atoms with Gasteiger partial charge >= 0.3 is 0 Å². The summed E-state index contributed by atoms with van der Waals surface area (Å²) >= 11 is 0. The number of fused-ring (bicyclic) bond motifs is 1. The maximum Gasteiger partial charge on any atom is 0.116 e. The van der Waals surface area contributed by atoms with Crippen LogP contribution in [0.15, 0.2) is 12.1 Å². The van der Waals surface area contributed by atoms with Crippen molar-refractivity contribution < 1.29 is 0 Å². The Balaban J connectivity index is 2.29. The van der Waals surface area contributed by atoms with Crippen LogP contribution in [0.3, 0.4) is 0 Å². The van der Waals surface area contributed by atoms with E-state index in [1.54, 1.807) is 0 Å². The number of unbranched alkanes of at least 4 members (excludes halogenated alkanes) is 2. The Morgan fingerprint density at radius 1 is 1.18 bits per heavy atom.